The lowest BCUT2D eigenvalue weighted by molar-refractivity contribution is -0.125. The number of carbonyl (C=O) groups excluding carboxylic acids is 1. The maximum atomic E-state index is 12.1. The van der Waals surface area contributed by atoms with E-state index in [-0.39, 0.29) is 11.8 Å². The van der Waals surface area contributed by atoms with Crippen LogP contribution in [0.2, 0.25) is 0 Å². The second kappa shape index (κ2) is 6.56. The van der Waals surface area contributed by atoms with Gasteiger partial charge in [0.15, 0.2) is 0 Å². The van der Waals surface area contributed by atoms with Crippen molar-refractivity contribution in [1.29, 1.82) is 0 Å². The lowest BCUT2D eigenvalue weighted by atomic mass is 9.93. The van der Waals surface area contributed by atoms with Crippen LogP contribution in [0.5, 0.6) is 0 Å². The molecule has 0 saturated heterocycles. The average Bonchev–Trinajstić information content (AvgIpc) is 3.00. The molecule has 22 heavy (non-hydrogen) atoms. The third-order valence-electron chi connectivity index (χ3n) is 4.01. The molecule has 0 aliphatic heterocycles. The molecule has 1 aliphatic carbocycles. The van der Waals surface area contributed by atoms with Crippen LogP contribution in [-0.4, -0.2) is 20.7 Å². The van der Waals surface area contributed by atoms with E-state index in [0.29, 0.717) is 6.54 Å². The van der Waals surface area contributed by atoms with Crippen molar-refractivity contribution in [3.05, 3.63) is 48.3 Å². The molecule has 2 aromatic heterocycles. The molecule has 1 atom stereocenters. The molecular weight excluding hydrogens is 276 g/mol. The molecule has 0 unspecified atom stereocenters. The van der Waals surface area contributed by atoms with Gasteiger partial charge in [0.05, 0.1) is 11.4 Å². The van der Waals surface area contributed by atoms with Crippen LogP contribution in [0.4, 0.5) is 0 Å². The highest BCUT2D eigenvalue weighted by molar-refractivity contribution is 5.78. The van der Waals surface area contributed by atoms with E-state index in [4.69, 9.17) is 0 Å². The van der Waals surface area contributed by atoms with E-state index in [1.54, 1.807) is 10.9 Å². The molecule has 1 amide bonds. The number of amides is 1. The third kappa shape index (κ3) is 3.24. The van der Waals surface area contributed by atoms with Gasteiger partial charge >= 0.3 is 0 Å². The van der Waals surface area contributed by atoms with E-state index in [0.717, 1.165) is 36.2 Å². The molecule has 1 N–H and O–H groups in total. The molecule has 0 spiro atoms. The number of nitrogens with one attached hydrogen (secondary N) is 1. The minimum Gasteiger partial charge on any atom is -0.352 e. The second-order valence-corrected chi connectivity index (χ2v) is 5.59. The Labute approximate surface area is 130 Å². The van der Waals surface area contributed by atoms with Gasteiger partial charge in [-0.05, 0) is 37.0 Å². The molecule has 2 aromatic rings. The van der Waals surface area contributed by atoms with Gasteiger partial charge in [0, 0.05) is 31.9 Å². The van der Waals surface area contributed by atoms with Gasteiger partial charge in [0.1, 0.15) is 0 Å². The number of hydrogen-bond donors (Lipinski definition) is 1. The average molecular weight is 296 g/mol. The highest BCUT2D eigenvalue weighted by Gasteiger charge is 2.18. The van der Waals surface area contributed by atoms with Crippen molar-refractivity contribution in [3.63, 3.8) is 0 Å². The Kier molecular flexibility index (Phi) is 4.32. The molecule has 2 heterocycles. The first-order chi connectivity index (χ1) is 10.7. The second-order valence-electron chi connectivity index (χ2n) is 5.59. The highest BCUT2D eigenvalue weighted by atomic mass is 16.1. The first kappa shape index (κ1) is 14.5. The monoisotopic (exact) mass is 296 g/mol. The summed E-state index contributed by atoms with van der Waals surface area (Å²) in [4.78, 5) is 16.5. The van der Waals surface area contributed by atoms with Crippen molar-refractivity contribution in [1.82, 2.24) is 20.1 Å². The zero-order valence-corrected chi connectivity index (χ0v) is 12.7. The predicted octanol–water partition coefficient (Wildman–Crippen LogP) is 2.45. The fourth-order valence-electron chi connectivity index (χ4n) is 2.67. The fraction of sp³-hybridized carbons (Fsp3) is 0.353. The normalized spacial score (nSPS) is 17.4. The third-order valence-corrected chi connectivity index (χ3v) is 4.01. The van der Waals surface area contributed by atoms with E-state index in [2.05, 4.69) is 27.6 Å². The summed E-state index contributed by atoms with van der Waals surface area (Å²) in [5, 5.41) is 7.14. The highest BCUT2D eigenvalue weighted by Crippen LogP contribution is 2.18. The standard InChI is InChI=1S/C17H20N4O/c1-21-16(9-10-20-21)15-8-7-13(11-18-15)12-19-17(22)14-5-3-2-4-6-14/h2-3,7-11,14H,4-6,12H2,1H3,(H,19,22)/t14-/m0/s1. The summed E-state index contributed by atoms with van der Waals surface area (Å²) < 4.78 is 1.79. The van der Waals surface area contributed by atoms with Gasteiger partial charge in [-0.2, -0.15) is 5.10 Å². The number of nitrogens with zero attached hydrogens (tertiary/aromatic N) is 3. The predicted molar refractivity (Wildman–Crippen MR) is 84.8 cm³/mol. The van der Waals surface area contributed by atoms with Gasteiger partial charge in [0.25, 0.3) is 0 Å². The van der Waals surface area contributed by atoms with Crippen molar-refractivity contribution < 1.29 is 4.79 Å². The molecule has 0 bridgehead atoms. The van der Waals surface area contributed by atoms with Crippen molar-refractivity contribution >= 4 is 5.91 Å². The minimum absolute atomic E-state index is 0.117. The van der Waals surface area contributed by atoms with Crippen molar-refractivity contribution in [2.24, 2.45) is 13.0 Å². The van der Waals surface area contributed by atoms with Crippen LogP contribution in [0, 0.1) is 5.92 Å². The number of rotatable bonds is 4. The van der Waals surface area contributed by atoms with E-state index in [1.165, 1.54) is 0 Å². The van der Waals surface area contributed by atoms with Gasteiger partial charge in [-0.25, -0.2) is 0 Å². The molecule has 0 aromatic carbocycles. The number of aryl methyl sites for hydroxylation is 1. The van der Waals surface area contributed by atoms with Crippen LogP contribution >= 0.6 is 0 Å². The summed E-state index contributed by atoms with van der Waals surface area (Å²) in [5.74, 6) is 0.256. The topological polar surface area (TPSA) is 59.8 Å². The number of carbonyl (C=O) groups is 1. The molecule has 3 rings (SSSR count). The molecule has 1 aliphatic rings. The van der Waals surface area contributed by atoms with E-state index in [1.807, 2.05) is 31.4 Å². The van der Waals surface area contributed by atoms with Crippen LogP contribution in [-0.2, 0) is 18.4 Å². The molecule has 0 fully saturated rings. The van der Waals surface area contributed by atoms with Crippen molar-refractivity contribution in [2.75, 3.05) is 0 Å². The van der Waals surface area contributed by atoms with Gasteiger partial charge in [0.2, 0.25) is 5.91 Å². The Hall–Kier alpha value is -2.43. The van der Waals surface area contributed by atoms with Gasteiger partial charge < -0.3 is 5.32 Å². The minimum atomic E-state index is 0.117. The lowest BCUT2D eigenvalue weighted by Crippen LogP contribution is -2.30. The van der Waals surface area contributed by atoms with Crippen LogP contribution in [0.3, 0.4) is 0 Å². The summed E-state index contributed by atoms with van der Waals surface area (Å²) >= 11 is 0. The van der Waals surface area contributed by atoms with Crippen LogP contribution in [0.1, 0.15) is 24.8 Å². The Morgan fingerprint density at radius 2 is 2.27 bits per heavy atom. The largest absolute Gasteiger partial charge is 0.352 e. The van der Waals surface area contributed by atoms with Crippen molar-refractivity contribution in [3.8, 4) is 11.4 Å². The molecule has 5 heteroatoms. The summed E-state index contributed by atoms with van der Waals surface area (Å²) in [7, 11) is 1.89. The summed E-state index contributed by atoms with van der Waals surface area (Å²) in [6, 6.07) is 5.89. The fourth-order valence-corrected chi connectivity index (χ4v) is 2.67. The molecule has 0 saturated carbocycles. The number of aromatic nitrogens is 3. The van der Waals surface area contributed by atoms with E-state index >= 15 is 0 Å². The number of pyridine rings is 1. The van der Waals surface area contributed by atoms with Gasteiger partial charge in [-0.3, -0.25) is 14.5 Å². The maximum Gasteiger partial charge on any atom is 0.223 e. The maximum absolute atomic E-state index is 12.1. The number of hydrogen-bond acceptors (Lipinski definition) is 3. The zero-order chi connectivity index (χ0) is 15.4. The Morgan fingerprint density at radius 3 is 2.91 bits per heavy atom. The summed E-state index contributed by atoms with van der Waals surface area (Å²) in [5.41, 5.74) is 2.86. The molecule has 5 nitrogen and oxygen atoms in total. The van der Waals surface area contributed by atoms with Crippen molar-refractivity contribution in [2.45, 2.75) is 25.8 Å². The Morgan fingerprint density at radius 1 is 1.36 bits per heavy atom. The molecular formula is C17H20N4O. The smallest absolute Gasteiger partial charge is 0.223 e. The lowest BCUT2D eigenvalue weighted by Gasteiger charge is -2.17. The van der Waals surface area contributed by atoms with Crippen LogP contribution in [0.25, 0.3) is 11.4 Å². The summed E-state index contributed by atoms with van der Waals surface area (Å²) in [6.45, 7) is 0.526. The van der Waals surface area contributed by atoms with Gasteiger partial charge in [-0.15, -0.1) is 0 Å². The first-order valence-electron chi connectivity index (χ1n) is 7.60. The quantitative estimate of drug-likeness (QED) is 0.882. The Bertz CT molecular complexity index is 672. The molecule has 0 radical (unpaired) electrons. The number of allylic oxidation sites excluding steroid dienone is 2. The van der Waals surface area contributed by atoms with E-state index < -0.39 is 0 Å². The first-order valence-corrected chi connectivity index (χ1v) is 7.60. The Balaban J connectivity index is 1.58. The van der Waals surface area contributed by atoms with Crippen LogP contribution in [0.15, 0.2) is 42.7 Å². The van der Waals surface area contributed by atoms with Crippen LogP contribution < -0.4 is 5.32 Å². The molecule has 114 valence electrons. The van der Waals surface area contributed by atoms with Gasteiger partial charge in [-0.1, -0.05) is 18.2 Å². The zero-order valence-electron chi connectivity index (χ0n) is 12.7. The summed E-state index contributed by atoms with van der Waals surface area (Å²) in [6.07, 6.45) is 10.6. The van der Waals surface area contributed by atoms with E-state index in [9.17, 15) is 4.79 Å². The SMILES string of the molecule is Cn1nccc1-c1ccc(CNC(=O)[C@H]2CC=CCC2)cn1.